The van der Waals surface area contributed by atoms with Crippen molar-refractivity contribution in [2.75, 3.05) is 7.05 Å². The second kappa shape index (κ2) is 4.68. The van der Waals surface area contributed by atoms with Crippen molar-refractivity contribution in [3.05, 3.63) is 29.6 Å². The molecule has 0 saturated carbocycles. The van der Waals surface area contributed by atoms with Crippen molar-refractivity contribution in [1.29, 1.82) is 0 Å². The van der Waals surface area contributed by atoms with Crippen molar-refractivity contribution in [2.45, 2.75) is 12.5 Å². The number of phenolic OH excluding ortho intramolecular Hbond substituents is 1. The van der Waals surface area contributed by atoms with Gasteiger partial charge in [0.15, 0.2) is 0 Å². The van der Waals surface area contributed by atoms with E-state index in [2.05, 4.69) is 5.32 Å². The maximum Gasteiger partial charge on any atom is 0.254 e. The molecule has 100 valence electrons. The van der Waals surface area contributed by atoms with E-state index in [-0.39, 0.29) is 17.7 Å². The van der Waals surface area contributed by atoms with Crippen molar-refractivity contribution in [3.63, 3.8) is 0 Å². The van der Waals surface area contributed by atoms with Crippen molar-refractivity contribution < 1.29 is 23.9 Å². The van der Waals surface area contributed by atoms with E-state index < -0.39 is 29.6 Å². The lowest BCUT2D eigenvalue weighted by Gasteiger charge is -2.11. The van der Waals surface area contributed by atoms with E-state index >= 15 is 0 Å². The summed E-state index contributed by atoms with van der Waals surface area (Å²) >= 11 is 0. The van der Waals surface area contributed by atoms with Gasteiger partial charge in [-0.2, -0.15) is 0 Å². The molecule has 7 heteroatoms. The number of imide groups is 1. The van der Waals surface area contributed by atoms with Crippen LogP contribution < -0.4 is 5.32 Å². The molecule has 1 aromatic rings. The summed E-state index contributed by atoms with van der Waals surface area (Å²) in [6, 6.07) is 2.08. The van der Waals surface area contributed by atoms with Gasteiger partial charge in [-0.1, -0.05) is 0 Å². The zero-order chi connectivity index (χ0) is 14.2. The first kappa shape index (κ1) is 13.0. The van der Waals surface area contributed by atoms with Crippen LogP contribution in [0.1, 0.15) is 16.8 Å². The van der Waals surface area contributed by atoms with Crippen molar-refractivity contribution >= 4 is 17.7 Å². The Morgan fingerprint density at radius 3 is 2.68 bits per heavy atom. The molecule has 1 aliphatic rings. The molecule has 1 heterocycles. The highest BCUT2D eigenvalue weighted by atomic mass is 19.1. The second-order valence-electron chi connectivity index (χ2n) is 4.19. The van der Waals surface area contributed by atoms with Gasteiger partial charge in [-0.15, -0.1) is 0 Å². The predicted molar refractivity (Wildman–Crippen MR) is 61.7 cm³/mol. The summed E-state index contributed by atoms with van der Waals surface area (Å²) < 4.78 is 13.4. The van der Waals surface area contributed by atoms with E-state index in [1.165, 1.54) is 7.05 Å². The lowest BCUT2D eigenvalue weighted by Crippen LogP contribution is -2.40. The van der Waals surface area contributed by atoms with Crippen LogP contribution in [-0.2, 0) is 9.59 Å². The number of rotatable bonds is 2. The summed E-state index contributed by atoms with van der Waals surface area (Å²) in [5.41, 5.74) is -0.299. The molecule has 2 rings (SSSR count). The van der Waals surface area contributed by atoms with Gasteiger partial charge in [0.05, 0.1) is 12.0 Å². The van der Waals surface area contributed by atoms with Crippen LogP contribution in [0.15, 0.2) is 18.2 Å². The number of nitrogens with zero attached hydrogens (tertiary/aromatic N) is 1. The molecule has 1 fully saturated rings. The molecular weight excluding hydrogens is 255 g/mol. The number of likely N-dealkylation sites (tertiary alicyclic amines) is 1. The molecule has 1 aromatic carbocycles. The summed E-state index contributed by atoms with van der Waals surface area (Å²) in [6.07, 6.45) is -0.138. The first-order valence-electron chi connectivity index (χ1n) is 5.50. The summed E-state index contributed by atoms with van der Waals surface area (Å²) in [6.45, 7) is 0. The molecule has 1 atom stereocenters. The molecule has 1 unspecified atom stereocenters. The number of nitrogens with one attached hydrogen (secondary N) is 1. The molecule has 1 aliphatic heterocycles. The van der Waals surface area contributed by atoms with Gasteiger partial charge in [0, 0.05) is 13.1 Å². The smallest absolute Gasteiger partial charge is 0.254 e. The Labute approximate surface area is 107 Å². The number of amides is 3. The van der Waals surface area contributed by atoms with Gasteiger partial charge < -0.3 is 10.4 Å². The highest BCUT2D eigenvalue weighted by molar-refractivity contribution is 6.08. The molecule has 0 aromatic heterocycles. The van der Waals surface area contributed by atoms with E-state index in [1.54, 1.807) is 0 Å². The molecular formula is C12H11FN2O4. The van der Waals surface area contributed by atoms with Gasteiger partial charge in [-0.05, 0) is 12.1 Å². The van der Waals surface area contributed by atoms with Crippen LogP contribution >= 0.6 is 0 Å². The average molecular weight is 266 g/mol. The van der Waals surface area contributed by atoms with Crippen LogP contribution in [-0.4, -0.2) is 40.8 Å². The van der Waals surface area contributed by atoms with Gasteiger partial charge in [0.25, 0.3) is 11.8 Å². The molecule has 0 spiro atoms. The molecule has 2 N–H and O–H groups in total. The number of likely N-dealkylation sites (N-methyl/N-ethyl adjacent to an activating group) is 1. The fourth-order valence-electron chi connectivity index (χ4n) is 1.79. The molecule has 19 heavy (non-hydrogen) atoms. The molecule has 6 nitrogen and oxygen atoms in total. The Morgan fingerprint density at radius 2 is 2.16 bits per heavy atom. The van der Waals surface area contributed by atoms with Gasteiger partial charge in [0.1, 0.15) is 17.6 Å². The zero-order valence-electron chi connectivity index (χ0n) is 10.0. The molecule has 0 bridgehead atoms. The fourth-order valence-corrected chi connectivity index (χ4v) is 1.79. The number of halogens is 1. The van der Waals surface area contributed by atoms with Crippen LogP contribution in [0.2, 0.25) is 0 Å². The third kappa shape index (κ3) is 2.40. The minimum Gasteiger partial charge on any atom is -0.508 e. The average Bonchev–Trinajstić information content (AvgIpc) is 2.57. The Kier molecular flexibility index (Phi) is 3.20. The van der Waals surface area contributed by atoms with Crippen LogP contribution in [0.5, 0.6) is 5.75 Å². The van der Waals surface area contributed by atoms with Crippen LogP contribution in [0, 0.1) is 5.82 Å². The highest BCUT2D eigenvalue weighted by Crippen LogP contribution is 2.16. The Morgan fingerprint density at radius 1 is 1.47 bits per heavy atom. The Balaban J connectivity index is 2.14. The molecule has 0 aliphatic carbocycles. The number of hydrogen-bond acceptors (Lipinski definition) is 4. The van der Waals surface area contributed by atoms with E-state index in [0.717, 1.165) is 23.1 Å². The quantitative estimate of drug-likeness (QED) is 0.739. The number of hydrogen-bond donors (Lipinski definition) is 2. The van der Waals surface area contributed by atoms with E-state index in [4.69, 9.17) is 5.11 Å². The normalized spacial score (nSPS) is 18.8. The van der Waals surface area contributed by atoms with Gasteiger partial charge in [0.2, 0.25) is 5.91 Å². The van der Waals surface area contributed by atoms with Gasteiger partial charge in [-0.3, -0.25) is 19.3 Å². The number of benzene rings is 1. The second-order valence-corrected chi connectivity index (χ2v) is 4.19. The number of carbonyl (C=O) groups excluding carboxylic acids is 3. The summed E-state index contributed by atoms with van der Waals surface area (Å²) in [5.74, 6) is -2.94. The highest BCUT2D eigenvalue weighted by Gasteiger charge is 2.37. The van der Waals surface area contributed by atoms with E-state index in [0.29, 0.717) is 0 Å². The van der Waals surface area contributed by atoms with Crippen molar-refractivity contribution in [2.24, 2.45) is 0 Å². The number of carbonyl (C=O) groups is 3. The Bertz CT molecular complexity index is 573. The molecule has 0 radical (unpaired) electrons. The minimum atomic E-state index is -0.974. The summed E-state index contributed by atoms with van der Waals surface area (Å²) in [4.78, 5) is 35.5. The zero-order valence-corrected chi connectivity index (χ0v) is 10.0. The third-order valence-corrected chi connectivity index (χ3v) is 2.88. The van der Waals surface area contributed by atoms with E-state index in [1.807, 2.05) is 0 Å². The largest absolute Gasteiger partial charge is 0.508 e. The molecule has 1 saturated heterocycles. The monoisotopic (exact) mass is 266 g/mol. The fraction of sp³-hybridized carbons (Fsp3) is 0.250. The summed E-state index contributed by atoms with van der Waals surface area (Å²) in [7, 11) is 1.32. The number of aromatic hydroxyl groups is 1. The topological polar surface area (TPSA) is 86.7 Å². The van der Waals surface area contributed by atoms with Crippen LogP contribution in [0.3, 0.4) is 0 Å². The lowest BCUT2D eigenvalue weighted by atomic mass is 10.1. The van der Waals surface area contributed by atoms with Crippen LogP contribution in [0.4, 0.5) is 4.39 Å². The summed E-state index contributed by atoms with van der Waals surface area (Å²) in [5, 5.41) is 11.3. The standard InChI is InChI=1S/C12H11FN2O4/c1-15-10(17)5-9(12(15)19)14-11(18)7-3-2-6(16)4-8(7)13/h2-4,9,16H,5H2,1H3,(H,14,18). The van der Waals surface area contributed by atoms with E-state index in [9.17, 15) is 18.8 Å². The minimum absolute atomic E-state index is 0.138. The first-order valence-corrected chi connectivity index (χ1v) is 5.50. The lowest BCUT2D eigenvalue weighted by molar-refractivity contribution is -0.137. The number of phenols is 1. The van der Waals surface area contributed by atoms with Crippen LogP contribution in [0.25, 0.3) is 0 Å². The Hall–Kier alpha value is -2.44. The van der Waals surface area contributed by atoms with Crippen molar-refractivity contribution in [1.82, 2.24) is 10.2 Å². The SMILES string of the molecule is CN1C(=O)CC(NC(=O)c2ccc(O)cc2F)C1=O. The van der Waals surface area contributed by atoms with Gasteiger partial charge in [-0.25, -0.2) is 4.39 Å². The maximum absolute atomic E-state index is 13.4. The van der Waals surface area contributed by atoms with Gasteiger partial charge >= 0.3 is 0 Å². The van der Waals surface area contributed by atoms with Crippen molar-refractivity contribution in [3.8, 4) is 5.75 Å². The third-order valence-electron chi connectivity index (χ3n) is 2.88. The predicted octanol–water partition coefficient (Wildman–Crippen LogP) is 0.0184. The first-order chi connectivity index (χ1) is 8.90. The molecule has 3 amide bonds. The maximum atomic E-state index is 13.4.